The lowest BCUT2D eigenvalue weighted by atomic mass is 9.98. The third-order valence-electron chi connectivity index (χ3n) is 6.59. The number of unbranched alkanes of at least 4 members (excludes halogenated alkanes) is 3. The highest BCUT2D eigenvalue weighted by molar-refractivity contribution is 5.99. The molecule has 1 unspecified atom stereocenters. The molecule has 4 rings (SSSR count). The zero-order valence-corrected chi connectivity index (χ0v) is 21.3. The van der Waals surface area contributed by atoms with Gasteiger partial charge in [-0.15, -0.1) is 0 Å². The molecule has 0 saturated heterocycles. The van der Waals surface area contributed by atoms with Gasteiger partial charge in [-0.05, 0) is 70.2 Å². The highest BCUT2D eigenvalue weighted by Gasteiger charge is 2.42. The molecule has 0 bridgehead atoms. The number of carbonyl (C=O) groups excluding carboxylic acids is 1. The number of aryl methyl sites for hydroxylation is 1. The number of nitrogens with zero attached hydrogens (tertiary/aromatic N) is 2. The van der Waals surface area contributed by atoms with Crippen molar-refractivity contribution in [2.24, 2.45) is 0 Å². The zero-order chi connectivity index (χ0) is 24.9. The Kier molecular flexibility index (Phi) is 7.91. The molecule has 1 aliphatic heterocycles. The van der Waals surface area contributed by atoms with Gasteiger partial charge in [0, 0.05) is 6.54 Å². The standard InChI is InChI=1S/C29H36N2O4/c1-5-6-7-8-18-34-22-13-11-21(12-14-22)26-25-27(32)23-19-20(2)10-15-24(23)35-28(25)29(33)31(26)17-9-16-30(3)4/h10-15,19,26H,5-9,16-18H2,1-4H3. The van der Waals surface area contributed by atoms with Gasteiger partial charge >= 0.3 is 0 Å². The lowest BCUT2D eigenvalue weighted by Gasteiger charge is -2.26. The van der Waals surface area contributed by atoms with Crippen LogP contribution in [-0.2, 0) is 0 Å². The maximum atomic E-state index is 13.7. The van der Waals surface area contributed by atoms with Crippen LogP contribution in [0.5, 0.6) is 5.75 Å². The molecule has 1 aliphatic rings. The molecule has 0 radical (unpaired) electrons. The van der Waals surface area contributed by atoms with Crippen molar-refractivity contribution in [2.75, 3.05) is 33.8 Å². The fourth-order valence-corrected chi connectivity index (χ4v) is 4.73. The van der Waals surface area contributed by atoms with E-state index in [1.54, 1.807) is 11.0 Å². The molecule has 35 heavy (non-hydrogen) atoms. The Morgan fingerprint density at radius 1 is 1.00 bits per heavy atom. The van der Waals surface area contributed by atoms with Gasteiger partial charge in [0.15, 0.2) is 5.43 Å². The molecular formula is C29H36N2O4. The summed E-state index contributed by atoms with van der Waals surface area (Å²) in [7, 11) is 4.03. The van der Waals surface area contributed by atoms with E-state index in [0.717, 1.165) is 36.3 Å². The summed E-state index contributed by atoms with van der Waals surface area (Å²) in [5.41, 5.74) is 2.63. The number of fused-ring (bicyclic) bond motifs is 2. The van der Waals surface area contributed by atoms with Gasteiger partial charge in [0.05, 0.1) is 23.6 Å². The van der Waals surface area contributed by atoms with E-state index in [4.69, 9.17) is 9.15 Å². The number of hydrogen-bond donors (Lipinski definition) is 0. The first kappa shape index (κ1) is 25.0. The Morgan fingerprint density at radius 3 is 2.49 bits per heavy atom. The van der Waals surface area contributed by atoms with E-state index < -0.39 is 6.04 Å². The normalized spacial score (nSPS) is 15.3. The molecule has 6 nitrogen and oxygen atoms in total. The van der Waals surface area contributed by atoms with Crippen molar-refractivity contribution >= 4 is 16.9 Å². The maximum absolute atomic E-state index is 13.7. The molecule has 186 valence electrons. The average molecular weight is 477 g/mol. The molecule has 3 aromatic rings. The Labute approximate surface area is 207 Å². The average Bonchev–Trinajstić information content (AvgIpc) is 3.11. The predicted octanol–water partition coefficient (Wildman–Crippen LogP) is 5.56. The minimum atomic E-state index is -0.473. The van der Waals surface area contributed by atoms with Crippen molar-refractivity contribution in [3.8, 4) is 5.75 Å². The second kappa shape index (κ2) is 11.1. The fraction of sp³-hybridized carbons (Fsp3) is 0.448. The van der Waals surface area contributed by atoms with Crippen LogP contribution < -0.4 is 10.2 Å². The minimum absolute atomic E-state index is 0.130. The van der Waals surface area contributed by atoms with Gasteiger partial charge in [0.2, 0.25) is 5.76 Å². The molecule has 0 saturated carbocycles. The third kappa shape index (κ3) is 5.43. The molecule has 0 N–H and O–H groups in total. The Bertz CT molecular complexity index is 1230. The SMILES string of the molecule is CCCCCCOc1ccc(C2c3c(oc4ccc(C)cc4c3=O)C(=O)N2CCCN(C)C)cc1. The van der Waals surface area contributed by atoms with E-state index in [2.05, 4.69) is 11.8 Å². The molecule has 0 fully saturated rings. The topological polar surface area (TPSA) is 63.0 Å². The number of rotatable bonds is 11. The van der Waals surface area contributed by atoms with Crippen LogP contribution in [0.15, 0.2) is 51.7 Å². The van der Waals surface area contributed by atoms with Crippen molar-refractivity contribution < 1.29 is 13.9 Å². The Hall–Kier alpha value is -3.12. The Balaban J connectivity index is 1.67. The first-order valence-electron chi connectivity index (χ1n) is 12.7. The van der Waals surface area contributed by atoms with Crippen LogP contribution in [0.1, 0.15) is 72.3 Å². The molecule has 6 heteroatoms. The molecule has 2 heterocycles. The first-order valence-corrected chi connectivity index (χ1v) is 12.7. The van der Waals surface area contributed by atoms with Gasteiger partial charge in [-0.2, -0.15) is 0 Å². The van der Waals surface area contributed by atoms with Crippen LogP contribution in [0.4, 0.5) is 0 Å². The largest absolute Gasteiger partial charge is 0.494 e. The Morgan fingerprint density at radius 2 is 1.77 bits per heavy atom. The highest BCUT2D eigenvalue weighted by atomic mass is 16.5. The van der Waals surface area contributed by atoms with Crippen molar-refractivity contribution in [3.05, 3.63) is 75.1 Å². The summed E-state index contributed by atoms with van der Waals surface area (Å²) in [6.07, 6.45) is 5.42. The predicted molar refractivity (Wildman–Crippen MR) is 139 cm³/mol. The number of benzene rings is 2. The molecule has 2 aromatic carbocycles. The molecule has 1 atom stereocenters. The minimum Gasteiger partial charge on any atom is -0.494 e. The van der Waals surface area contributed by atoms with Gasteiger partial charge < -0.3 is 19.0 Å². The van der Waals surface area contributed by atoms with E-state index in [9.17, 15) is 9.59 Å². The number of ether oxygens (including phenoxy) is 1. The van der Waals surface area contributed by atoms with Gasteiger partial charge in [0.25, 0.3) is 5.91 Å². The van der Waals surface area contributed by atoms with Crippen LogP contribution in [0.25, 0.3) is 11.0 Å². The fourth-order valence-electron chi connectivity index (χ4n) is 4.73. The third-order valence-corrected chi connectivity index (χ3v) is 6.59. The van der Waals surface area contributed by atoms with Crippen LogP contribution >= 0.6 is 0 Å². The maximum Gasteiger partial charge on any atom is 0.290 e. The highest BCUT2D eigenvalue weighted by Crippen LogP contribution is 2.38. The first-order chi connectivity index (χ1) is 16.9. The van der Waals surface area contributed by atoms with Gasteiger partial charge in [-0.3, -0.25) is 9.59 Å². The van der Waals surface area contributed by atoms with Gasteiger partial charge in [0.1, 0.15) is 11.3 Å². The van der Waals surface area contributed by atoms with E-state index in [1.165, 1.54) is 19.3 Å². The quantitative estimate of drug-likeness (QED) is 0.339. The smallest absolute Gasteiger partial charge is 0.290 e. The van der Waals surface area contributed by atoms with Crippen molar-refractivity contribution in [1.82, 2.24) is 9.80 Å². The molecule has 0 spiro atoms. The molecular weight excluding hydrogens is 440 g/mol. The van der Waals surface area contributed by atoms with Crippen molar-refractivity contribution in [1.29, 1.82) is 0 Å². The molecule has 1 amide bonds. The number of hydrogen-bond acceptors (Lipinski definition) is 5. The summed E-state index contributed by atoms with van der Waals surface area (Å²) >= 11 is 0. The monoisotopic (exact) mass is 476 g/mol. The van der Waals surface area contributed by atoms with E-state index in [-0.39, 0.29) is 17.1 Å². The number of amides is 1. The van der Waals surface area contributed by atoms with Crippen LogP contribution in [0.3, 0.4) is 0 Å². The van der Waals surface area contributed by atoms with Gasteiger partial charge in [-0.1, -0.05) is 49.9 Å². The number of carbonyl (C=O) groups is 1. The summed E-state index contributed by atoms with van der Waals surface area (Å²) in [4.78, 5) is 31.0. The lowest BCUT2D eigenvalue weighted by Crippen LogP contribution is -2.32. The second-order valence-electron chi connectivity index (χ2n) is 9.71. The van der Waals surface area contributed by atoms with Crippen molar-refractivity contribution in [2.45, 2.75) is 52.0 Å². The lowest BCUT2D eigenvalue weighted by molar-refractivity contribution is 0.0722. The van der Waals surface area contributed by atoms with E-state index >= 15 is 0 Å². The molecule has 1 aromatic heterocycles. The zero-order valence-electron chi connectivity index (χ0n) is 21.3. The second-order valence-corrected chi connectivity index (χ2v) is 9.71. The van der Waals surface area contributed by atoms with Crippen molar-refractivity contribution in [3.63, 3.8) is 0 Å². The summed E-state index contributed by atoms with van der Waals surface area (Å²) in [6, 6.07) is 12.8. The van der Waals surface area contributed by atoms with E-state index in [1.807, 2.05) is 57.4 Å². The van der Waals surface area contributed by atoms with Crippen LogP contribution in [0.2, 0.25) is 0 Å². The summed E-state index contributed by atoms with van der Waals surface area (Å²) in [5, 5.41) is 0.517. The van der Waals surface area contributed by atoms with E-state index in [0.29, 0.717) is 29.7 Å². The summed E-state index contributed by atoms with van der Waals surface area (Å²) in [6.45, 7) is 6.22. The summed E-state index contributed by atoms with van der Waals surface area (Å²) in [5.74, 6) is 0.743. The van der Waals surface area contributed by atoms with Crippen LogP contribution in [-0.4, -0.2) is 49.5 Å². The van der Waals surface area contributed by atoms with Gasteiger partial charge in [-0.25, -0.2) is 0 Å². The molecule has 0 aliphatic carbocycles. The van der Waals surface area contributed by atoms with Crippen LogP contribution in [0, 0.1) is 6.92 Å². The summed E-state index contributed by atoms with van der Waals surface area (Å²) < 4.78 is 12.0.